The highest BCUT2D eigenvalue weighted by molar-refractivity contribution is 5.96. The van der Waals surface area contributed by atoms with Crippen LogP contribution < -0.4 is 21.3 Å². The molecule has 4 N–H and O–H groups in total. The van der Waals surface area contributed by atoms with E-state index in [-0.39, 0.29) is 38.0 Å². The second-order valence-electron chi connectivity index (χ2n) is 9.50. The molecule has 0 radical (unpaired) electrons. The van der Waals surface area contributed by atoms with Crippen molar-refractivity contribution >= 4 is 23.2 Å². The van der Waals surface area contributed by atoms with Gasteiger partial charge in [-0.25, -0.2) is 8.78 Å². The van der Waals surface area contributed by atoms with Gasteiger partial charge in [0.05, 0.1) is 36.8 Å². The molecule has 3 aliphatic heterocycles. The molecular formula is C22H32F2N8O3. The molecule has 0 saturated carbocycles. The summed E-state index contributed by atoms with van der Waals surface area (Å²) in [5, 5.41) is 8.64. The predicted octanol–water partition coefficient (Wildman–Crippen LogP) is 0.283. The van der Waals surface area contributed by atoms with E-state index in [9.17, 15) is 23.3 Å². The van der Waals surface area contributed by atoms with Crippen LogP contribution in [0.2, 0.25) is 0 Å². The fourth-order valence-corrected chi connectivity index (χ4v) is 5.05. The number of amides is 2. The lowest BCUT2D eigenvalue weighted by molar-refractivity contribution is -0.143. The summed E-state index contributed by atoms with van der Waals surface area (Å²) in [5.74, 6) is -1.74. The molecule has 2 amide bonds. The van der Waals surface area contributed by atoms with E-state index >= 15 is 0 Å². The van der Waals surface area contributed by atoms with Crippen molar-refractivity contribution in [3.8, 4) is 0 Å². The number of nitrogens with one attached hydrogen (secondary N) is 2. The van der Waals surface area contributed by atoms with Crippen molar-refractivity contribution in [3.05, 3.63) is 23.4 Å². The van der Waals surface area contributed by atoms with E-state index < -0.39 is 36.5 Å². The number of piperidine rings is 1. The Morgan fingerprint density at radius 3 is 2.57 bits per heavy atom. The number of anilines is 2. The average Bonchev–Trinajstić information content (AvgIpc) is 2.83. The van der Waals surface area contributed by atoms with Crippen LogP contribution in [0.5, 0.6) is 0 Å². The molecular weight excluding hydrogens is 462 g/mol. The Morgan fingerprint density at radius 1 is 1.23 bits per heavy atom. The van der Waals surface area contributed by atoms with Crippen LogP contribution >= 0.6 is 0 Å². The molecule has 192 valence electrons. The first kappa shape index (κ1) is 25.3. The van der Waals surface area contributed by atoms with E-state index in [0.29, 0.717) is 31.6 Å². The molecule has 1 aromatic heterocycles. The smallest absolute Gasteiger partial charge is 0.234 e. The SMILES string of the molecule is CN1CC(F)CNC1C(C(=O)Nc1cnccc1N1CCC(C(=O)N2CC(F)C2)CC1)C(N)N=O. The molecule has 4 atom stereocenters. The minimum Gasteiger partial charge on any atom is -0.370 e. The Kier molecular flexibility index (Phi) is 7.87. The fraction of sp³-hybridized carbons (Fsp3) is 0.682. The largest absolute Gasteiger partial charge is 0.370 e. The third-order valence-electron chi connectivity index (χ3n) is 7.03. The molecule has 0 aliphatic carbocycles. The summed E-state index contributed by atoms with van der Waals surface area (Å²) in [5.41, 5.74) is 7.06. The molecule has 0 aromatic carbocycles. The zero-order chi connectivity index (χ0) is 25.1. The summed E-state index contributed by atoms with van der Waals surface area (Å²) >= 11 is 0. The van der Waals surface area contributed by atoms with Crippen molar-refractivity contribution in [3.63, 3.8) is 0 Å². The van der Waals surface area contributed by atoms with E-state index in [2.05, 4.69) is 25.7 Å². The number of nitroso groups, excluding NO2 is 1. The maximum Gasteiger partial charge on any atom is 0.234 e. The Bertz CT molecular complexity index is 926. The molecule has 3 fully saturated rings. The van der Waals surface area contributed by atoms with Gasteiger partial charge >= 0.3 is 0 Å². The maximum absolute atomic E-state index is 13.7. The fourth-order valence-electron chi connectivity index (χ4n) is 5.05. The molecule has 4 unspecified atom stereocenters. The quantitative estimate of drug-likeness (QED) is 0.460. The molecule has 0 spiro atoms. The molecule has 35 heavy (non-hydrogen) atoms. The standard InChI is InChI=1S/C22H32F2N8O3/c1-30-10-14(23)8-27-20(30)18(19(25)29-35)21(33)28-16-9-26-5-2-17(16)31-6-3-13(4-7-31)22(34)32-11-15(24)12-32/h2,5,9,13-15,18-20,27H,3-4,6-8,10-12,25H2,1H3,(H,28,33). The highest BCUT2D eigenvalue weighted by Crippen LogP contribution is 2.31. The van der Waals surface area contributed by atoms with E-state index in [0.717, 1.165) is 5.69 Å². The molecule has 0 bridgehead atoms. The Balaban J connectivity index is 1.43. The normalized spacial score (nSPS) is 26.1. The second kappa shape index (κ2) is 10.9. The highest BCUT2D eigenvalue weighted by atomic mass is 19.1. The van der Waals surface area contributed by atoms with Gasteiger partial charge in [0.25, 0.3) is 0 Å². The predicted molar refractivity (Wildman–Crippen MR) is 126 cm³/mol. The molecule has 3 aliphatic rings. The number of nitrogens with two attached hydrogens (primary N) is 1. The van der Waals surface area contributed by atoms with Crippen molar-refractivity contribution in [2.75, 3.05) is 56.5 Å². The Morgan fingerprint density at radius 2 is 1.94 bits per heavy atom. The number of alkyl halides is 2. The number of pyridine rings is 1. The van der Waals surface area contributed by atoms with Crippen molar-refractivity contribution in [2.45, 2.75) is 37.5 Å². The molecule has 1 aromatic rings. The lowest BCUT2D eigenvalue weighted by Crippen LogP contribution is -2.62. The number of carbonyl (C=O) groups is 2. The first-order valence-corrected chi connectivity index (χ1v) is 11.9. The number of likely N-dealkylation sites (tertiary alicyclic amines) is 1. The summed E-state index contributed by atoms with van der Waals surface area (Å²) in [6, 6.07) is 1.77. The first-order chi connectivity index (χ1) is 16.8. The van der Waals surface area contributed by atoms with Gasteiger partial charge < -0.3 is 20.9 Å². The van der Waals surface area contributed by atoms with Crippen LogP contribution in [0.15, 0.2) is 23.6 Å². The van der Waals surface area contributed by atoms with Crippen LogP contribution in [0.3, 0.4) is 0 Å². The van der Waals surface area contributed by atoms with Crippen LogP contribution in [-0.4, -0.2) is 97.6 Å². The minimum atomic E-state index is -1.33. The first-order valence-electron chi connectivity index (χ1n) is 11.9. The number of halogens is 2. The number of rotatable bonds is 7. The van der Waals surface area contributed by atoms with Crippen LogP contribution in [-0.2, 0) is 9.59 Å². The molecule has 13 heteroatoms. The van der Waals surface area contributed by atoms with Crippen LogP contribution in [0.25, 0.3) is 0 Å². The van der Waals surface area contributed by atoms with Crippen molar-refractivity contribution in [1.82, 2.24) is 20.1 Å². The van der Waals surface area contributed by atoms with Gasteiger partial charge in [0.1, 0.15) is 18.3 Å². The Hall–Kier alpha value is -2.77. The van der Waals surface area contributed by atoms with E-state index in [1.807, 2.05) is 0 Å². The Labute approximate surface area is 202 Å². The van der Waals surface area contributed by atoms with Gasteiger partial charge in [-0.05, 0) is 26.0 Å². The van der Waals surface area contributed by atoms with Crippen LogP contribution in [0.1, 0.15) is 12.8 Å². The number of hydrogen-bond donors (Lipinski definition) is 3. The highest BCUT2D eigenvalue weighted by Gasteiger charge is 2.40. The van der Waals surface area contributed by atoms with E-state index in [1.165, 1.54) is 6.20 Å². The van der Waals surface area contributed by atoms with Crippen molar-refractivity contribution in [2.24, 2.45) is 22.7 Å². The molecule has 4 heterocycles. The van der Waals surface area contributed by atoms with Gasteiger partial charge in [0, 0.05) is 38.3 Å². The average molecular weight is 495 g/mol. The van der Waals surface area contributed by atoms with Gasteiger partial charge in [-0.3, -0.25) is 24.8 Å². The van der Waals surface area contributed by atoms with Gasteiger partial charge in [0.2, 0.25) is 11.8 Å². The summed E-state index contributed by atoms with van der Waals surface area (Å²) in [6.45, 7) is 1.66. The summed E-state index contributed by atoms with van der Waals surface area (Å²) < 4.78 is 26.9. The number of carbonyl (C=O) groups excluding carboxylic acids is 2. The van der Waals surface area contributed by atoms with Crippen LogP contribution in [0.4, 0.5) is 20.2 Å². The molecule has 3 saturated heterocycles. The zero-order valence-corrected chi connectivity index (χ0v) is 19.6. The summed E-state index contributed by atoms with van der Waals surface area (Å²) in [7, 11) is 1.65. The van der Waals surface area contributed by atoms with E-state index in [1.54, 1.807) is 29.1 Å². The third kappa shape index (κ3) is 5.57. The minimum absolute atomic E-state index is 0.000355. The van der Waals surface area contributed by atoms with E-state index in [4.69, 9.17) is 5.73 Å². The summed E-state index contributed by atoms with van der Waals surface area (Å²) in [6.07, 6.45) is 0.337. The van der Waals surface area contributed by atoms with Gasteiger partial charge in [0.15, 0.2) is 6.17 Å². The van der Waals surface area contributed by atoms with Gasteiger partial charge in [-0.15, -0.1) is 4.91 Å². The van der Waals surface area contributed by atoms with Crippen molar-refractivity contribution in [1.29, 1.82) is 0 Å². The van der Waals surface area contributed by atoms with Gasteiger partial charge in [-0.1, -0.05) is 5.18 Å². The number of nitrogens with zero attached hydrogens (tertiary/aromatic N) is 5. The van der Waals surface area contributed by atoms with Crippen LogP contribution in [0, 0.1) is 16.7 Å². The number of aromatic nitrogens is 1. The maximum atomic E-state index is 13.7. The lowest BCUT2D eigenvalue weighted by atomic mass is 9.93. The molecule has 4 rings (SSSR count). The lowest BCUT2D eigenvalue weighted by Gasteiger charge is -2.40. The monoisotopic (exact) mass is 494 g/mol. The van der Waals surface area contributed by atoms with Crippen molar-refractivity contribution < 1.29 is 18.4 Å². The third-order valence-corrected chi connectivity index (χ3v) is 7.03. The summed E-state index contributed by atoms with van der Waals surface area (Å²) in [4.78, 5) is 46.4. The molecule has 11 nitrogen and oxygen atoms in total. The zero-order valence-electron chi connectivity index (χ0n) is 19.6. The topological polar surface area (TPSA) is 136 Å². The number of hydrogen-bond acceptors (Lipinski definition) is 9. The second-order valence-corrected chi connectivity index (χ2v) is 9.50. The van der Waals surface area contributed by atoms with Gasteiger partial charge in [-0.2, -0.15) is 0 Å².